The van der Waals surface area contributed by atoms with Gasteiger partial charge in [-0.05, 0) is 19.4 Å². The number of hydrogen-bond acceptors (Lipinski definition) is 5. The SMILES string of the molecule is CCC(=O)[C@@](CC(=O)O)(C[N+](C)(C)C)OC(=O)[C@@H]1CCCN1. The molecule has 1 heterocycles. The third-order valence-corrected chi connectivity index (χ3v) is 3.64. The molecule has 1 rings (SSSR count). The van der Waals surface area contributed by atoms with Crippen LogP contribution in [0.25, 0.3) is 0 Å². The van der Waals surface area contributed by atoms with Gasteiger partial charge < -0.3 is 19.6 Å². The van der Waals surface area contributed by atoms with E-state index in [1.54, 1.807) is 6.92 Å². The summed E-state index contributed by atoms with van der Waals surface area (Å²) in [7, 11) is 5.50. The first-order valence-electron chi connectivity index (χ1n) is 7.61. The number of carboxylic acids is 1. The molecule has 2 atom stereocenters. The molecular weight excluding hydrogens is 288 g/mol. The fourth-order valence-electron chi connectivity index (χ4n) is 2.85. The summed E-state index contributed by atoms with van der Waals surface area (Å²) in [6.07, 6.45) is 1.13. The highest BCUT2D eigenvalue weighted by Crippen LogP contribution is 2.25. The zero-order valence-corrected chi connectivity index (χ0v) is 13.8. The summed E-state index contributed by atoms with van der Waals surface area (Å²) in [5.74, 6) is -2.04. The molecule has 0 aromatic rings. The molecule has 7 heteroatoms. The Morgan fingerprint density at radius 2 is 1.95 bits per heavy atom. The first-order chi connectivity index (χ1) is 10.1. The lowest BCUT2D eigenvalue weighted by Gasteiger charge is -2.37. The number of esters is 1. The lowest BCUT2D eigenvalue weighted by Crippen LogP contribution is -2.58. The second-order valence-electron chi connectivity index (χ2n) is 6.86. The maximum absolute atomic E-state index is 12.4. The van der Waals surface area contributed by atoms with Gasteiger partial charge >= 0.3 is 11.9 Å². The Morgan fingerprint density at radius 3 is 2.36 bits per heavy atom. The lowest BCUT2D eigenvalue weighted by molar-refractivity contribution is -0.875. The number of carboxylic acid groups (broad SMARTS) is 1. The Bertz CT molecular complexity index is 438. The van der Waals surface area contributed by atoms with Gasteiger partial charge in [0.2, 0.25) is 5.60 Å². The molecular formula is C15H27N2O5+. The van der Waals surface area contributed by atoms with Crippen molar-refractivity contribution in [3.63, 3.8) is 0 Å². The first kappa shape index (κ1) is 18.6. The van der Waals surface area contributed by atoms with Crippen molar-refractivity contribution in [2.24, 2.45) is 0 Å². The van der Waals surface area contributed by atoms with E-state index in [9.17, 15) is 19.5 Å². The number of nitrogens with zero attached hydrogens (tertiary/aromatic N) is 1. The molecule has 0 saturated carbocycles. The largest absolute Gasteiger partial charge is 0.481 e. The van der Waals surface area contributed by atoms with Gasteiger partial charge in [-0.3, -0.25) is 14.4 Å². The summed E-state index contributed by atoms with van der Waals surface area (Å²) in [4.78, 5) is 36.0. The second kappa shape index (κ2) is 7.19. The van der Waals surface area contributed by atoms with Crippen molar-refractivity contribution >= 4 is 17.7 Å². The summed E-state index contributed by atoms with van der Waals surface area (Å²) >= 11 is 0. The number of carbonyl (C=O) groups excluding carboxylic acids is 2. The van der Waals surface area contributed by atoms with Crippen molar-refractivity contribution in [1.29, 1.82) is 0 Å². The fraction of sp³-hybridized carbons (Fsp3) is 0.800. The number of ketones is 1. The van der Waals surface area contributed by atoms with Crippen molar-refractivity contribution in [2.75, 3.05) is 34.2 Å². The van der Waals surface area contributed by atoms with Crippen molar-refractivity contribution in [2.45, 2.75) is 44.2 Å². The number of likely N-dealkylation sites (N-methyl/N-ethyl adjacent to an activating group) is 1. The molecule has 0 spiro atoms. The molecule has 1 aliphatic rings. The van der Waals surface area contributed by atoms with Gasteiger partial charge in [-0.15, -0.1) is 0 Å². The van der Waals surface area contributed by atoms with E-state index in [4.69, 9.17) is 4.74 Å². The first-order valence-corrected chi connectivity index (χ1v) is 7.61. The van der Waals surface area contributed by atoms with E-state index >= 15 is 0 Å². The van der Waals surface area contributed by atoms with Crippen LogP contribution < -0.4 is 5.32 Å². The maximum Gasteiger partial charge on any atom is 0.324 e. The van der Waals surface area contributed by atoms with Gasteiger partial charge in [0, 0.05) is 6.42 Å². The molecule has 126 valence electrons. The minimum atomic E-state index is -1.61. The highest BCUT2D eigenvalue weighted by atomic mass is 16.6. The monoisotopic (exact) mass is 315 g/mol. The van der Waals surface area contributed by atoms with E-state index in [0.29, 0.717) is 10.9 Å². The van der Waals surface area contributed by atoms with Crippen molar-refractivity contribution in [1.82, 2.24) is 5.32 Å². The molecule has 0 bridgehead atoms. The molecule has 0 amide bonds. The zero-order valence-electron chi connectivity index (χ0n) is 13.8. The Kier molecular flexibility index (Phi) is 6.08. The van der Waals surface area contributed by atoms with E-state index in [1.807, 2.05) is 21.1 Å². The molecule has 1 saturated heterocycles. The van der Waals surface area contributed by atoms with E-state index in [-0.39, 0.29) is 18.7 Å². The van der Waals surface area contributed by atoms with Crippen LogP contribution in [0.5, 0.6) is 0 Å². The number of nitrogens with one attached hydrogen (secondary N) is 1. The molecule has 1 aliphatic heterocycles. The minimum Gasteiger partial charge on any atom is -0.481 e. The second-order valence-corrected chi connectivity index (χ2v) is 6.86. The fourth-order valence-corrected chi connectivity index (χ4v) is 2.85. The smallest absolute Gasteiger partial charge is 0.324 e. The Hall–Kier alpha value is -1.47. The van der Waals surface area contributed by atoms with E-state index in [1.165, 1.54) is 0 Å². The molecule has 0 aromatic heterocycles. The van der Waals surface area contributed by atoms with Crippen molar-refractivity contribution < 1.29 is 28.7 Å². The van der Waals surface area contributed by atoms with Crippen molar-refractivity contribution in [3.05, 3.63) is 0 Å². The highest BCUT2D eigenvalue weighted by molar-refractivity contribution is 5.93. The van der Waals surface area contributed by atoms with Crippen molar-refractivity contribution in [3.8, 4) is 0 Å². The van der Waals surface area contributed by atoms with Gasteiger partial charge in [0.15, 0.2) is 5.78 Å². The summed E-state index contributed by atoms with van der Waals surface area (Å²) < 4.78 is 5.84. The van der Waals surface area contributed by atoms with E-state index < -0.39 is 30.0 Å². The molecule has 0 unspecified atom stereocenters. The third kappa shape index (κ3) is 5.06. The van der Waals surface area contributed by atoms with Crippen LogP contribution in [0, 0.1) is 0 Å². The predicted octanol–water partition coefficient (Wildman–Crippen LogP) is 0.180. The Labute approximate surface area is 131 Å². The number of rotatable bonds is 8. The van der Waals surface area contributed by atoms with Crippen LogP contribution in [0.2, 0.25) is 0 Å². The van der Waals surface area contributed by atoms with Gasteiger partial charge in [-0.1, -0.05) is 6.92 Å². The highest BCUT2D eigenvalue weighted by Gasteiger charge is 2.48. The molecule has 1 fully saturated rings. The maximum atomic E-state index is 12.4. The van der Waals surface area contributed by atoms with E-state index in [2.05, 4.69) is 5.32 Å². The van der Waals surface area contributed by atoms with Gasteiger partial charge in [0.05, 0.1) is 27.6 Å². The molecule has 0 aliphatic carbocycles. The number of aliphatic carboxylic acids is 1. The van der Waals surface area contributed by atoms with Crippen LogP contribution in [0.3, 0.4) is 0 Å². The molecule has 22 heavy (non-hydrogen) atoms. The van der Waals surface area contributed by atoms with Gasteiger partial charge in [-0.2, -0.15) is 0 Å². The number of Topliss-reactive ketones (excluding diaryl/α,β-unsaturated/α-hetero) is 1. The predicted molar refractivity (Wildman–Crippen MR) is 80.3 cm³/mol. The average Bonchev–Trinajstić information content (AvgIpc) is 2.88. The number of quaternary nitrogens is 1. The normalized spacial score (nSPS) is 21.2. The average molecular weight is 315 g/mol. The zero-order chi connectivity index (χ0) is 17.0. The number of ether oxygens (including phenoxy) is 1. The molecule has 0 radical (unpaired) electrons. The quantitative estimate of drug-likeness (QED) is 0.490. The Balaban J connectivity index is 3.07. The topological polar surface area (TPSA) is 92.7 Å². The summed E-state index contributed by atoms with van der Waals surface area (Å²) in [6.45, 7) is 2.50. The van der Waals surface area contributed by atoms with Crippen LogP contribution in [-0.2, 0) is 19.1 Å². The van der Waals surface area contributed by atoms with Crippen LogP contribution in [-0.4, -0.2) is 73.2 Å². The van der Waals surface area contributed by atoms with E-state index in [0.717, 1.165) is 13.0 Å². The molecule has 2 N–H and O–H groups in total. The summed E-state index contributed by atoms with van der Waals surface area (Å²) in [5.41, 5.74) is -1.61. The number of hydrogen-bond donors (Lipinski definition) is 2. The number of carbonyl (C=O) groups is 3. The third-order valence-electron chi connectivity index (χ3n) is 3.64. The standard InChI is InChI=1S/C15H26N2O5/c1-5-12(18)15(9-13(19)20,10-17(2,3)4)22-14(21)11-7-6-8-16-11/h11,16H,5-10H2,1-4H3/p+1/t11-,15+/m0/s1. The van der Waals surface area contributed by atoms with Gasteiger partial charge in [-0.25, -0.2) is 0 Å². The summed E-state index contributed by atoms with van der Waals surface area (Å²) in [5, 5.41) is 12.2. The van der Waals surface area contributed by atoms with Crippen LogP contribution in [0.15, 0.2) is 0 Å². The van der Waals surface area contributed by atoms with Crippen LogP contribution in [0.1, 0.15) is 32.6 Å². The van der Waals surface area contributed by atoms with Gasteiger partial charge in [0.25, 0.3) is 0 Å². The molecule has 7 nitrogen and oxygen atoms in total. The van der Waals surface area contributed by atoms with Crippen LogP contribution in [0.4, 0.5) is 0 Å². The minimum absolute atomic E-state index is 0.124. The molecule has 0 aromatic carbocycles. The summed E-state index contributed by atoms with van der Waals surface area (Å²) in [6, 6.07) is -0.453. The van der Waals surface area contributed by atoms with Crippen LogP contribution >= 0.6 is 0 Å². The van der Waals surface area contributed by atoms with Gasteiger partial charge in [0.1, 0.15) is 12.6 Å². The Morgan fingerprint density at radius 1 is 1.32 bits per heavy atom. The lowest BCUT2D eigenvalue weighted by atomic mass is 9.90.